The number of piperazine rings is 1. The molecule has 0 N–H and O–H groups in total. The largest absolute Gasteiger partial charge is 0.438 e. The van der Waals surface area contributed by atoms with Gasteiger partial charge in [0.05, 0.1) is 4.90 Å². The van der Waals surface area contributed by atoms with Crippen LogP contribution >= 0.6 is 0 Å². The Bertz CT molecular complexity index is 1120. The topological polar surface area (TPSA) is 84.2 Å². The molecule has 8 heteroatoms. The van der Waals surface area contributed by atoms with E-state index < -0.39 is 10.0 Å². The second-order valence-electron chi connectivity index (χ2n) is 8.00. The Balaban J connectivity index is 1.29. The number of aliphatic imine (C=N–C) groups is 1. The number of nitrogens with zero attached hydrogens (tertiary/aromatic N) is 4. The fraction of sp³-hybridized carbons (Fsp3) is 0.391. The minimum Gasteiger partial charge on any atom is -0.438 e. The predicted octanol–water partition coefficient (Wildman–Crippen LogP) is 3.93. The first kappa shape index (κ1) is 21.4. The van der Waals surface area contributed by atoms with Gasteiger partial charge in [0.1, 0.15) is 0 Å². The summed E-state index contributed by atoms with van der Waals surface area (Å²) in [5.74, 6) is 0.367. The number of carbonyl (C=O) groups excluding carboxylic acids is 1. The molecule has 0 saturated carbocycles. The Morgan fingerprint density at radius 1 is 1.03 bits per heavy atom. The Hall–Kier alpha value is -2.87. The summed E-state index contributed by atoms with van der Waals surface area (Å²) in [4.78, 5) is 21.4. The van der Waals surface area contributed by atoms with E-state index in [1.165, 1.54) is 22.9 Å². The van der Waals surface area contributed by atoms with E-state index in [9.17, 15) is 13.2 Å². The van der Waals surface area contributed by atoms with Crippen molar-refractivity contribution >= 4 is 33.1 Å². The van der Waals surface area contributed by atoms with Crippen molar-refractivity contribution in [3.8, 4) is 0 Å². The van der Waals surface area contributed by atoms with Gasteiger partial charge in [-0.05, 0) is 55.6 Å². The summed E-state index contributed by atoms with van der Waals surface area (Å²) in [7, 11) is -3.71. The maximum absolute atomic E-state index is 12.6. The lowest BCUT2D eigenvalue weighted by atomic mass is 10.1. The van der Waals surface area contributed by atoms with Crippen molar-refractivity contribution < 1.29 is 13.2 Å². The van der Waals surface area contributed by atoms with Gasteiger partial charge in [0, 0.05) is 38.3 Å². The van der Waals surface area contributed by atoms with E-state index >= 15 is 0 Å². The monoisotopic (exact) mass is 439 g/mol. The summed E-state index contributed by atoms with van der Waals surface area (Å²) < 4.78 is 28.4. The first-order chi connectivity index (χ1) is 14.8. The van der Waals surface area contributed by atoms with Crippen LogP contribution in [0.1, 0.15) is 30.4 Å². The second kappa shape index (κ2) is 8.70. The van der Waals surface area contributed by atoms with Gasteiger partial charge in [-0.1, -0.05) is 36.2 Å². The number of hydrogen-bond acceptors (Lipinski definition) is 5. The molecule has 0 unspecified atom stereocenters. The molecule has 2 aromatic carbocycles. The number of aryl methyl sites for hydroxylation is 1. The molecule has 0 aromatic heterocycles. The number of rotatable bonds is 5. The predicted molar refractivity (Wildman–Crippen MR) is 123 cm³/mol. The number of para-hydroxylation sites is 1. The third-order valence-electron chi connectivity index (χ3n) is 5.96. The van der Waals surface area contributed by atoms with Crippen LogP contribution in [0.2, 0.25) is 0 Å². The van der Waals surface area contributed by atoms with E-state index in [1.54, 1.807) is 18.2 Å². The van der Waals surface area contributed by atoms with Crippen LogP contribution in [-0.2, 0) is 14.8 Å². The van der Waals surface area contributed by atoms with Crippen molar-refractivity contribution in [2.75, 3.05) is 31.1 Å². The normalized spacial score (nSPS) is 17.5. The second-order valence-corrected chi connectivity index (χ2v) is 9.58. The molecule has 0 atom stereocenters. The Morgan fingerprint density at radius 3 is 2.55 bits per heavy atom. The quantitative estimate of drug-likeness (QED) is 0.707. The minimum atomic E-state index is -3.71. The molecular weight excluding hydrogens is 412 g/mol. The minimum absolute atomic E-state index is 0.0975. The fourth-order valence-electron chi connectivity index (χ4n) is 4.05. The van der Waals surface area contributed by atoms with Gasteiger partial charge in [0.15, 0.2) is 0 Å². The highest BCUT2D eigenvalue weighted by atomic mass is 32.2. The van der Waals surface area contributed by atoms with E-state index in [0.717, 1.165) is 13.1 Å². The van der Waals surface area contributed by atoms with Crippen LogP contribution in [0.25, 0.3) is 4.72 Å². The Morgan fingerprint density at radius 2 is 1.77 bits per heavy atom. The van der Waals surface area contributed by atoms with Gasteiger partial charge in [-0.2, -0.15) is 0 Å². The molecule has 1 saturated heterocycles. The molecule has 0 aliphatic carbocycles. The average molecular weight is 440 g/mol. The van der Waals surface area contributed by atoms with Gasteiger partial charge in [-0.3, -0.25) is 4.79 Å². The van der Waals surface area contributed by atoms with Gasteiger partial charge in [-0.15, -0.1) is 0 Å². The highest BCUT2D eigenvalue weighted by Gasteiger charge is 2.22. The van der Waals surface area contributed by atoms with Crippen molar-refractivity contribution in [2.24, 2.45) is 4.99 Å². The lowest BCUT2D eigenvalue weighted by molar-refractivity contribution is -0.131. The number of fused-ring (bicyclic) bond motifs is 1. The molecule has 2 aliphatic heterocycles. The molecule has 7 nitrogen and oxygen atoms in total. The van der Waals surface area contributed by atoms with Gasteiger partial charge in [0.2, 0.25) is 15.9 Å². The number of carbonyl (C=O) groups is 1. The summed E-state index contributed by atoms with van der Waals surface area (Å²) in [6.45, 7) is 7.27. The summed E-state index contributed by atoms with van der Waals surface area (Å²) in [5, 5.41) is 0. The third-order valence-corrected chi connectivity index (χ3v) is 7.31. The fourth-order valence-corrected chi connectivity index (χ4v) is 5.18. The number of hydrogen-bond donors (Lipinski definition) is 0. The van der Waals surface area contributed by atoms with E-state index in [-0.39, 0.29) is 16.6 Å². The van der Waals surface area contributed by atoms with Crippen molar-refractivity contribution in [1.29, 1.82) is 0 Å². The Labute approximate surface area is 183 Å². The molecule has 4 rings (SSSR count). The van der Waals surface area contributed by atoms with Crippen molar-refractivity contribution in [2.45, 2.75) is 38.0 Å². The molecule has 1 fully saturated rings. The van der Waals surface area contributed by atoms with Crippen molar-refractivity contribution in [3.05, 3.63) is 58.3 Å². The molecule has 2 aliphatic rings. The smallest absolute Gasteiger partial charge is 0.222 e. The van der Waals surface area contributed by atoms with E-state index in [2.05, 4.69) is 46.7 Å². The molecule has 0 spiro atoms. The summed E-state index contributed by atoms with van der Waals surface area (Å²) in [6, 6.07) is 12.9. The van der Waals surface area contributed by atoms with Gasteiger partial charge >= 0.3 is 0 Å². The van der Waals surface area contributed by atoms with E-state index in [0.29, 0.717) is 38.0 Å². The highest BCUT2D eigenvalue weighted by Crippen LogP contribution is 2.34. The Kier molecular flexibility index (Phi) is 6.00. The number of amides is 1. The number of sulfonamides is 1. The molecule has 1 amide bonds. The standard InChI is InChI=1S/C23H27N4O3S/c1-17-7-5-9-20(18(17)2)26-13-15-27(16-14-26)23(28)12-6-11-22-24-19-8-3-4-10-21(19)31(29,30)25-22/h3-5,7-10H,6,11-16H2,1-2H3/q-1. The SMILES string of the molecule is Cc1cccc(N2CCN(C(=O)CCCC3=Nc4ccccc4S(=O)(=O)[N-]3)CC2)c1C. The zero-order valence-corrected chi connectivity index (χ0v) is 18.7. The third kappa shape index (κ3) is 4.58. The molecule has 0 radical (unpaired) electrons. The number of benzene rings is 2. The zero-order chi connectivity index (χ0) is 22.0. The van der Waals surface area contributed by atoms with Crippen molar-refractivity contribution in [3.63, 3.8) is 0 Å². The molecule has 31 heavy (non-hydrogen) atoms. The summed E-state index contributed by atoms with van der Waals surface area (Å²) >= 11 is 0. The maximum atomic E-state index is 12.6. The number of anilines is 1. The van der Waals surface area contributed by atoms with Crippen LogP contribution in [0.5, 0.6) is 0 Å². The lowest BCUT2D eigenvalue weighted by Crippen LogP contribution is -2.49. The first-order valence-corrected chi connectivity index (χ1v) is 12.0. The van der Waals surface area contributed by atoms with Gasteiger partial charge in [-0.25, -0.2) is 8.42 Å². The van der Waals surface area contributed by atoms with Crippen LogP contribution < -0.4 is 4.90 Å². The first-order valence-electron chi connectivity index (χ1n) is 10.6. The highest BCUT2D eigenvalue weighted by molar-refractivity contribution is 7.95. The van der Waals surface area contributed by atoms with Crippen LogP contribution in [0.3, 0.4) is 0 Å². The van der Waals surface area contributed by atoms with E-state index in [4.69, 9.17) is 0 Å². The molecular formula is C23H27N4O3S-. The van der Waals surface area contributed by atoms with Crippen LogP contribution in [0.4, 0.5) is 11.4 Å². The van der Waals surface area contributed by atoms with Crippen molar-refractivity contribution in [1.82, 2.24) is 4.90 Å². The molecule has 2 heterocycles. The van der Waals surface area contributed by atoms with Gasteiger partial charge in [0.25, 0.3) is 0 Å². The average Bonchev–Trinajstić information content (AvgIpc) is 2.75. The van der Waals surface area contributed by atoms with Gasteiger partial charge < -0.3 is 19.5 Å². The lowest BCUT2D eigenvalue weighted by Gasteiger charge is -2.37. The summed E-state index contributed by atoms with van der Waals surface area (Å²) in [6.07, 6.45) is 1.25. The van der Waals surface area contributed by atoms with Crippen LogP contribution in [0.15, 0.2) is 52.4 Å². The zero-order valence-electron chi connectivity index (χ0n) is 17.9. The van der Waals surface area contributed by atoms with E-state index in [1.807, 2.05) is 4.90 Å². The molecule has 2 aromatic rings. The summed E-state index contributed by atoms with van der Waals surface area (Å²) in [5.41, 5.74) is 4.22. The van der Waals surface area contributed by atoms with Crippen LogP contribution in [-0.4, -0.2) is 51.2 Å². The maximum Gasteiger partial charge on any atom is 0.222 e. The molecule has 164 valence electrons. The van der Waals surface area contributed by atoms with Crippen LogP contribution in [0, 0.1) is 13.8 Å². The molecule has 0 bridgehead atoms. The number of amidine groups is 1.